The number of hydrogen-bond acceptors (Lipinski definition) is 4. The van der Waals surface area contributed by atoms with Crippen LogP contribution in [0, 0.1) is 0 Å². The molecule has 162 valence electrons. The van der Waals surface area contributed by atoms with E-state index in [1.54, 1.807) is 0 Å². The van der Waals surface area contributed by atoms with Gasteiger partial charge in [0.05, 0.1) is 5.52 Å². The number of nitrogens with zero attached hydrogens (tertiary/aromatic N) is 3. The molecule has 1 unspecified atom stereocenters. The molecule has 2 heterocycles. The number of hydrogen-bond donors (Lipinski definition) is 1. The molecular weight excluding hydrogens is 416 g/mol. The Hall–Kier alpha value is -3.08. The van der Waals surface area contributed by atoms with Crippen molar-refractivity contribution in [3.8, 4) is 11.1 Å². The molecule has 0 saturated carbocycles. The molecule has 0 radical (unpaired) electrons. The van der Waals surface area contributed by atoms with Crippen molar-refractivity contribution in [1.29, 1.82) is 0 Å². The van der Waals surface area contributed by atoms with E-state index < -0.39 is 0 Å². The first-order valence-corrected chi connectivity index (χ1v) is 11.4. The van der Waals surface area contributed by atoms with Crippen LogP contribution < -0.4 is 10.2 Å². The topological polar surface area (TPSA) is 31.4 Å². The highest BCUT2D eigenvalue weighted by atomic mass is 35.5. The summed E-state index contributed by atoms with van der Waals surface area (Å²) in [7, 11) is 4.33. The summed E-state index contributed by atoms with van der Waals surface area (Å²) in [6.07, 6.45) is 3.06. The number of pyridine rings is 1. The van der Waals surface area contributed by atoms with E-state index in [0.29, 0.717) is 6.04 Å². The van der Waals surface area contributed by atoms with Crippen LogP contribution in [0.15, 0.2) is 79.0 Å². The van der Waals surface area contributed by atoms with E-state index in [1.165, 1.54) is 12.1 Å². The number of rotatable bonds is 5. The quantitative estimate of drug-likeness (QED) is 0.385. The third kappa shape index (κ3) is 4.29. The third-order valence-corrected chi connectivity index (χ3v) is 6.54. The van der Waals surface area contributed by atoms with Gasteiger partial charge in [0.25, 0.3) is 0 Å². The SMILES string of the molecule is CN(C)C1CCN(c2ccc(Nc3ccnc4ccc(-c5cccc(Cl)c5)cc34)cc2)C1. The minimum atomic E-state index is 0.629. The van der Waals surface area contributed by atoms with Crippen molar-refractivity contribution in [3.63, 3.8) is 0 Å². The molecule has 1 aliphatic rings. The Balaban J connectivity index is 1.40. The van der Waals surface area contributed by atoms with E-state index in [4.69, 9.17) is 11.6 Å². The van der Waals surface area contributed by atoms with Crippen LogP contribution >= 0.6 is 11.6 Å². The maximum absolute atomic E-state index is 6.20. The van der Waals surface area contributed by atoms with Crippen molar-refractivity contribution in [2.75, 3.05) is 37.4 Å². The summed E-state index contributed by atoms with van der Waals surface area (Å²) in [6, 6.07) is 25.7. The number of fused-ring (bicyclic) bond motifs is 1. The summed E-state index contributed by atoms with van der Waals surface area (Å²) in [4.78, 5) is 9.33. The summed E-state index contributed by atoms with van der Waals surface area (Å²) in [6.45, 7) is 2.19. The molecule has 1 aliphatic heterocycles. The molecule has 0 spiro atoms. The Morgan fingerprint density at radius 1 is 0.969 bits per heavy atom. The van der Waals surface area contributed by atoms with Crippen LogP contribution in [0.25, 0.3) is 22.0 Å². The predicted molar refractivity (Wildman–Crippen MR) is 136 cm³/mol. The fourth-order valence-electron chi connectivity index (χ4n) is 4.41. The summed E-state index contributed by atoms with van der Waals surface area (Å²) >= 11 is 6.20. The highest BCUT2D eigenvalue weighted by Gasteiger charge is 2.23. The van der Waals surface area contributed by atoms with Crippen LogP contribution in [0.1, 0.15) is 6.42 Å². The Bertz CT molecular complexity index is 1240. The Morgan fingerprint density at radius 2 is 1.78 bits per heavy atom. The number of aromatic nitrogens is 1. The highest BCUT2D eigenvalue weighted by Crippen LogP contribution is 2.31. The average Bonchev–Trinajstić information content (AvgIpc) is 3.30. The third-order valence-electron chi connectivity index (χ3n) is 6.30. The molecule has 1 aromatic heterocycles. The summed E-state index contributed by atoms with van der Waals surface area (Å²) in [5.74, 6) is 0. The van der Waals surface area contributed by atoms with Crippen LogP contribution in [0.2, 0.25) is 5.02 Å². The zero-order valence-electron chi connectivity index (χ0n) is 18.4. The Morgan fingerprint density at radius 3 is 2.53 bits per heavy atom. The van der Waals surface area contributed by atoms with Gasteiger partial charge in [0.2, 0.25) is 0 Å². The minimum Gasteiger partial charge on any atom is -0.370 e. The zero-order valence-corrected chi connectivity index (χ0v) is 19.2. The maximum Gasteiger partial charge on any atom is 0.0723 e. The van der Waals surface area contributed by atoms with E-state index in [0.717, 1.165) is 51.5 Å². The minimum absolute atomic E-state index is 0.629. The zero-order chi connectivity index (χ0) is 22.1. The smallest absolute Gasteiger partial charge is 0.0723 e. The molecule has 3 aromatic carbocycles. The van der Waals surface area contributed by atoms with Crippen molar-refractivity contribution >= 4 is 39.6 Å². The van der Waals surface area contributed by atoms with E-state index in [9.17, 15) is 0 Å². The summed E-state index contributed by atoms with van der Waals surface area (Å²) < 4.78 is 0. The molecular formula is C27H27ClN4. The van der Waals surface area contributed by atoms with Gasteiger partial charge in [-0.05, 0) is 86.2 Å². The molecule has 32 heavy (non-hydrogen) atoms. The van der Waals surface area contributed by atoms with Gasteiger partial charge < -0.3 is 15.1 Å². The molecule has 1 N–H and O–H groups in total. The molecule has 5 heteroatoms. The van der Waals surface area contributed by atoms with Crippen LogP contribution in [-0.2, 0) is 0 Å². The molecule has 4 aromatic rings. The first-order chi connectivity index (χ1) is 15.6. The lowest BCUT2D eigenvalue weighted by Crippen LogP contribution is -2.31. The molecule has 0 bridgehead atoms. The van der Waals surface area contributed by atoms with Gasteiger partial charge in [-0.1, -0.05) is 29.8 Å². The van der Waals surface area contributed by atoms with Crippen molar-refractivity contribution in [2.24, 2.45) is 0 Å². The standard InChI is InChI=1S/C27H27ClN4/c1-31(2)24-13-15-32(18-24)23-9-7-22(8-10-23)30-27-12-14-29-26-11-6-20(17-25(26)27)19-4-3-5-21(28)16-19/h3-12,14,16-17,24H,13,15,18H2,1-2H3,(H,29,30). The van der Waals surface area contributed by atoms with Gasteiger partial charge in [0.1, 0.15) is 0 Å². The number of nitrogens with one attached hydrogen (secondary N) is 1. The lowest BCUT2D eigenvalue weighted by molar-refractivity contribution is 0.315. The van der Waals surface area contributed by atoms with Crippen molar-refractivity contribution in [2.45, 2.75) is 12.5 Å². The number of benzene rings is 3. The van der Waals surface area contributed by atoms with Crippen molar-refractivity contribution in [3.05, 3.63) is 84.0 Å². The first kappa shape index (κ1) is 20.8. The monoisotopic (exact) mass is 442 g/mol. The lowest BCUT2D eigenvalue weighted by Gasteiger charge is -2.22. The number of anilines is 3. The van der Waals surface area contributed by atoms with E-state index in [2.05, 4.69) is 82.7 Å². The maximum atomic E-state index is 6.20. The van der Waals surface area contributed by atoms with E-state index >= 15 is 0 Å². The Labute approximate surface area is 194 Å². The second-order valence-corrected chi connectivity index (χ2v) is 9.06. The second kappa shape index (κ2) is 8.81. The van der Waals surface area contributed by atoms with E-state index in [-0.39, 0.29) is 0 Å². The molecule has 0 aliphatic carbocycles. The van der Waals surface area contributed by atoms with Crippen LogP contribution in [0.5, 0.6) is 0 Å². The fourth-order valence-corrected chi connectivity index (χ4v) is 4.60. The predicted octanol–water partition coefficient (Wildman–Crippen LogP) is 6.44. The number of likely N-dealkylation sites (N-methyl/N-ethyl adjacent to an activating group) is 1. The van der Waals surface area contributed by atoms with Gasteiger partial charge in [-0.2, -0.15) is 0 Å². The average molecular weight is 443 g/mol. The van der Waals surface area contributed by atoms with Gasteiger partial charge >= 0.3 is 0 Å². The molecule has 1 atom stereocenters. The molecule has 5 rings (SSSR count). The number of halogens is 1. The lowest BCUT2D eigenvalue weighted by atomic mass is 10.0. The Kier molecular flexibility index (Phi) is 5.73. The molecule has 4 nitrogen and oxygen atoms in total. The summed E-state index contributed by atoms with van der Waals surface area (Å²) in [5, 5.41) is 5.41. The second-order valence-electron chi connectivity index (χ2n) is 8.62. The van der Waals surface area contributed by atoms with E-state index in [1.807, 2.05) is 30.5 Å². The summed E-state index contributed by atoms with van der Waals surface area (Å²) in [5.41, 5.74) is 6.57. The molecule has 0 amide bonds. The van der Waals surface area contributed by atoms with Crippen molar-refractivity contribution in [1.82, 2.24) is 9.88 Å². The van der Waals surface area contributed by atoms with Crippen LogP contribution in [0.3, 0.4) is 0 Å². The molecule has 1 fully saturated rings. The van der Waals surface area contributed by atoms with Gasteiger partial charge in [0, 0.05) is 52.8 Å². The van der Waals surface area contributed by atoms with Gasteiger partial charge in [0.15, 0.2) is 0 Å². The first-order valence-electron chi connectivity index (χ1n) is 11.0. The van der Waals surface area contributed by atoms with Crippen LogP contribution in [0.4, 0.5) is 17.1 Å². The van der Waals surface area contributed by atoms with Gasteiger partial charge in [-0.3, -0.25) is 4.98 Å². The largest absolute Gasteiger partial charge is 0.370 e. The molecule has 1 saturated heterocycles. The fraction of sp³-hybridized carbons (Fsp3) is 0.222. The van der Waals surface area contributed by atoms with Crippen LogP contribution in [-0.4, -0.2) is 43.1 Å². The normalized spacial score (nSPS) is 16.1. The van der Waals surface area contributed by atoms with Gasteiger partial charge in [-0.15, -0.1) is 0 Å². The highest BCUT2D eigenvalue weighted by molar-refractivity contribution is 6.30. The van der Waals surface area contributed by atoms with Crippen molar-refractivity contribution < 1.29 is 0 Å². The van der Waals surface area contributed by atoms with Gasteiger partial charge in [-0.25, -0.2) is 0 Å².